The van der Waals surface area contributed by atoms with Crippen LogP contribution in [0.1, 0.15) is 18.1 Å². The summed E-state index contributed by atoms with van der Waals surface area (Å²) in [5.41, 5.74) is 9.51. The Bertz CT molecular complexity index is 693. The summed E-state index contributed by atoms with van der Waals surface area (Å²) in [7, 11) is 0. The summed E-state index contributed by atoms with van der Waals surface area (Å²) in [5, 5.41) is 0. The van der Waals surface area contributed by atoms with Crippen LogP contribution in [0.2, 0.25) is 0 Å². The van der Waals surface area contributed by atoms with Gasteiger partial charge in [0, 0.05) is 10.2 Å². The van der Waals surface area contributed by atoms with Gasteiger partial charge in [-0.2, -0.15) is 0 Å². The van der Waals surface area contributed by atoms with Crippen molar-refractivity contribution in [2.45, 2.75) is 19.4 Å². The molecule has 0 bridgehead atoms. The molecule has 1 atom stereocenters. The summed E-state index contributed by atoms with van der Waals surface area (Å²) in [5.74, 6) is 0.572. The number of nitrogens with two attached hydrogens (primary N) is 1. The van der Waals surface area contributed by atoms with Gasteiger partial charge in [0.25, 0.3) is 0 Å². The molecule has 2 aromatic carbocycles. The number of benzene rings is 2. The standard InChI is InChI=1S/C17H18BrN3/c1-12-5-3-4-6-15(12)17(2)11-20-16(19)21(17)14-9-7-13(18)8-10-14/h3-10H,11H2,1-2H3,(H2,19,20). The molecule has 3 nitrogen and oxygen atoms in total. The van der Waals surface area contributed by atoms with Gasteiger partial charge in [0.05, 0.1) is 12.1 Å². The van der Waals surface area contributed by atoms with Crippen LogP contribution in [0.5, 0.6) is 0 Å². The largest absolute Gasteiger partial charge is 0.369 e. The van der Waals surface area contributed by atoms with Gasteiger partial charge in [0.15, 0.2) is 5.96 Å². The summed E-state index contributed by atoms with van der Waals surface area (Å²) in [6, 6.07) is 16.6. The molecule has 1 aliphatic rings. The molecule has 21 heavy (non-hydrogen) atoms. The molecular weight excluding hydrogens is 326 g/mol. The maximum Gasteiger partial charge on any atom is 0.196 e. The van der Waals surface area contributed by atoms with Crippen LogP contribution in [0.25, 0.3) is 0 Å². The van der Waals surface area contributed by atoms with Crippen LogP contribution < -0.4 is 10.6 Å². The SMILES string of the molecule is Cc1ccccc1C1(C)CN=C(N)N1c1ccc(Br)cc1. The van der Waals surface area contributed by atoms with E-state index in [4.69, 9.17) is 5.73 Å². The Morgan fingerprint density at radius 2 is 1.81 bits per heavy atom. The molecule has 0 aromatic heterocycles. The summed E-state index contributed by atoms with van der Waals surface area (Å²) in [6.45, 7) is 5.00. The number of hydrogen-bond donors (Lipinski definition) is 1. The highest BCUT2D eigenvalue weighted by atomic mass is 79.9. The Morgan fingerprint density at radius 1 is 1.14 bits per heavy atom. The Balaban J connectivity index is 2.10. The van der Waals surface area contributed by atoms with Gasteiger partial charge in [-0.15, -0.1) is 0 Å². The zero-order valence-corrected chi connectivity index (χ0v) is 13.8. The molecule has 1 aliphatic heterocycles. The Labute approximate surface area is 133 Å². The van der Waals surface area contributed by atoms with Gasteiger partial charge >= 0.3 is 0 Å². The Kier molecular flexibility index (Phi) is 3.49. The van der Waals surface area contributed by atoms with E-state index in [2.05, 4.69) is 76.1 Å². The Hall–Kier alpha value is -1.81. The van der Waals surface area contributed by atoms with Crippen LogP contribution in [0.15, 0.2) is 58.0 Å². The smallest absolute Gasteiger partial charge is 0.196 e. The van der Waals surface area contributed by atoms with Crippen molar-refractivity contribution in [3.8, 4) is 0 Å². The van der Waals surface area contributed by atoms with Crippen molar-refractivity contribution in [2.24, 2.45) is 10.7 Å². The van der Waals surface area contributed by atoms with Gasteiger partial charge in [-0.3, -0.25) is 4.99 Å². The number of halogens is 1. The predicted octanol–water partition coefficient (Wildman–Crippen LogP) is 3.81. The maximum absolute atomic E-state index is 6.18. The van der Waals surface area contributed by atoms with E-state index in [1.807, 2.05) is 12.1 Å². The quantitative estimate of drug-likeness (QED) is 0.900. The normalized spacial score (nSPS) is 21.5. The summed E-state index contributed by atoms with van der Waals surface area (Å²) < 4.78 is 1.05. The first-order valence-electron chi connectivity index (χ1n) is 6.94. The third kappa shape index (κ3) is 2.33. The summed E-state index contributed by atoms with van der Waals surface area (Å²) >= 11 is 3.47. The van der Waals surface area contributed by atoms with Crippen molar-refractivity contribution in [3.05, 3.63) is 64.1 Å². The van der Waals surface area contributed by atoms with E-state index < -0.39 is 0 Å². The number of rotatable bonds is 2. The lowest BCUT2D eigenvalue weighted by Crippen LogP contribution is -2.48. The van der Waals surface area contributed by atoms with E-state index >= 15 is 0 Å². The van der Waals surface area contributed by atoms with E-state index in [-0.39, 0.29) is 5.54 Å². The van der Waals surface area contributed by atoms with E-state index in [0.29, 0.717) is 12.5 Å². The monoisotopic (exact) mass is 343 g/mol. The zero-order valence-electron chi connectivity index (χ0n) is 12.2. The average Bonchev–Trinajstić information content (AvgIpc) is 2.77. The van der Waals surface area contributed by atoms with Gasteiger partial charge in [-0.05, 0) is 49.2 Å². The van der Waals surface area contributed by atoms with Gasteiger partial charge in [-0.25, -0.2) is 0 Å². The van der Waals surface area contributed by atoms with Gasteiger partial charge < -0.3 is 10.6 Å². The number of hydrogen-bond acceptors (Lipinski definition) is 3. The topological polar surface area (TPSA) is 41.6 Å². The van der Waals surface area contributed by atoms with Crippen LogP contribution in [0.4, 0.5) is 5.69 Å². The fourth-order valence-corrected chi connectivity index (χ4v) is 3.28. The number of anilines is 1. The average molecular weight is 344 g/mol. The number of aryl methyl sites for hydroxylation is 1. The van der Waals surface area contributed by atoms with E-state index in [9.17, 15) is 0 Å². The number of nitrogens with zero attached hydrogens (tertiary/aromatic N) is 2. The van der Waals surface area contributed by atoms with Crippen LogP contribution in [-0.4, -0.2) is 12.5 Å². The molecule has 1 heterocycles. The highest BCUT2D eigenvalue weighted by Crippen LogP contribution is 2.38. The minimum Gasteiger partial charge on any atom is -0.369 e. The molecule has 0 amide bonds. The summed E-state index contributed by atoms with van der Waals surface area (Å²) in [4.78, 5) is 6.62. The molecule has 3 rings (SSSR count). The van der Waals surface area contributed by atoms with Crippen LogP contribution >= 0.6 is 15.9 Å². The highest BCUT2D eigenvalue weighted by molar-refractivity contribution is 9.10. The van der Waals surface area contributed by atoms with Crippen LogP contribution in [0.3, 0.4) is 0 Å². The molecule has 0 saturated heterocycles. The minimum atomic E-state index is -0.247. The lowest BCUT2D eigenvalue weighted by Gasteiger charge is -2.37. The summed E-state index contributed by atoms with van der Waals surface area (Å²) in [6.07, 6.45) is 0. The zero-order chi connectivity index (χ0) is 15.0. The second-order valence-electron chi connectivity index (χ2n) is 5.58. The third-order valence-corrected chi connectivity index (χ3v) is 4.61. The van der Waals surface area contributed by atoms with Crippen molar-refractivity contribution >= 4 is 27.6 Å². The maximum atomic E-state index is 6.18. The molecule has 0 aliphatic carbocycles. The molecule has 2 aromatic rings. The molecule has 0 spiro atoms. The van der Waals surface area contributed by atoms with Crippen molar-refractivity contribution in [1.29, 1.82) is 0 Å². The van der Waals surface area contributed by atoms with E-state index in [1.54, 1.807) is 0 Å². The molecule has 108 valence electrons. The van der Waals surface area contributed by atoms with Gasteiger partial charge in [0.2, 0.25) is 0 Å². The predicted molar refractivity (Wildman–Crippen MR) is 91.6 cm³/mol. The van der Waals surface area contributed by atoms with Crippen LogP contribution in [-0.2, 0) is 5.54 Å². The number of guanidine groups is 1. The second-order valence-corrected chi connectivity index (χ2v) is 6.49. The van der Waals surface area contributed by atoms with Gasteiger partial charge in [0.1, 0.15) is 0 Å². The third-order valence-electron chi connectivity index (χ3n) is 4.08. The molecule has 4 heteroatoms. The number of aliphatic imine (C=N–C) groups is 1. The molecule has 1 unspecified atom stereocenters. The lowest BCUT2D eigenvalue weighted by molar-refractivity contribution is 0.529. The Morgan fingerprint density at radius 3 is 2.48 bits per heavy atom. The first kappa shape index (κ1) is 14.1. The van der Waals surface area contributed by atoms with Gasteiger partial charge in [-0.1, -0.05) is 40.2 Å². The van der Waals surface area contributed by atoms with Crippen molar-refractivity contribution in [3.63, 3.8) is 0 Å². The first-order chi connectivity index (χ1) is 10.0. The highest BCUT2D eigenvalue weighted by Gasteiger charge is 2.41. The van der Waals surface area contributed by atoms with Crippen molar-refractivity contribution < 1.29 is 0 Å². The second kappa shape index (κ2) is 5.19. The molecular formula is C17H18BrN3. The molecule has 2 N–H and O–H groups in total. The fourth-order valence-electron chi connectivity index (χ4n) is 3.02. The molecule has 0 fully saturated rings. The van der Waals surface area contributed by atoms with Crippen LogP contribution in [0, 0.1) is 6.92 Å². The lowest BCUT2D eigenvalue weighted by atomic mass is 9.87. The minimum absolute atomic E-state index is 0.247. The van der Waals surface area contributed by atoms with Crippen molar-refractivity contribution in [1.82, 2.24) is 0 Å². The van der Waals surface area contributed by atoms with E-state index in [0.717, 1.165) is 10.2 Å². The molecule has 0 saturated carbocycles. The fraction of sp³-hybridized carbons (Fsp3) is 0.235. The first-order valence-corrected chi connectivity index (χ1v) is 7.73. The van der Waals surface area contributed by atoms with E-state index in [1.165, 1.54) is 11.1 Å². The van der Waals surface area contributed by atoms with Crippen molar-refractivity contribution in [2.75, 3.05) is 11.4 Å². The molecule has 0 radical (unpaired) electrons.